The lowest BCUT2D eigenvalue weighted by molar-refractivity contribution is -0.119. The number of aromatic nitrogens is 4. The molecule has 0 radical (unpaired) electrons. The van der Waals surface area contributed by atoms with Gasteiger partial charge in [-0.3, -0.25) is 9.59 Å². The van der Waals surface area contributed by atoms with Crippen LogP contribution in [0.1, 0.15) is 69.4 Å². The molecule has 1 aromatic carbocycles. The molecule has 5 heterocycles. The number of primary amides is 1. The lowest BCUT2D eigenvalue weighted by Gasteiger charge is -2.33. The van der Waals surface area contributed by atoms with Crippen LogP contribution in [0.5, 0.6) is 5.75 Å². The first-order valence-electron chi connectivity index (χ1n) is 16.4. The molecule has 2 saturated heterocycles. The number of amides is 2. The van der Waals surface area contributed by atoms with E-state index in [2.05, 4.69) is 50.5 Å². The fraction of sp³-hybridized carbons (Fsp3) is 0.543. The average Bonchev–Trinajstić information content (AvgIpc) is 3.77. The Kier molecular flexibility index (Phi) is 8.58. The van der Waals surface area contributed by atoms with E-state index in [-0.39, 0.29) is 47.7 Å². The first-order valence-corrected chi connectivity index (χ1v) is 16.4. The van der Waals surface area contributed by atoms with Gasteiger partial charge in [-0.05, 0) is 67.3 Å². The monoisotopic (exact) mass is 629 g/mol. The highest BCUT2D eigenvalue weighted by Crippen LogP contribution is 2.40. The van der Waals surface area contributed by atoms with Gasteiger partial charge in [0.1, 0.15) is 16.9 Å². The molecule has 4 atom stereocenters. The number of nitrogens with two attached hydrogens (primary N) is 2. The molecule has 11 heteroatoms. The number of nitrogens with zero attached hydrogens (tertiary/aromatic N) is 5. The molecular formula is C35H47N7O4. The zero-order valence-electron chi connectivity index (χ0n) is 27.9. The van der Waals surface area contributed by atoms with Gasteiger partial charge in [-0.25, -0.2) is 9.97 Å². The number of hydrogen-bond donors (Lipinski definition) is 2. The Hall–Kier alpha value is -3.96. The van der Waals surface area contributed by atoms with Gasteiger partial charge in [0.05, 0.1) is 24.9 Å². The fourth-order valence-corrected chi connectivity index (χ4v) is 7.25. The summed E-state index contributed by atoms with van der Waals surface area (Å²) in [6.45, 7) is 10.2. The van der Waals surface area contributed by atoms with Crippen molar-refractivity contribution in [1.82, 2.24) is 24.0 Å². The van der Waals surface area contributed by atoms with Crippen molar-refractivity contribution in [1.29, 1.82) is 0 Å². The highest BCUT2D eigenvalue weighted by atomic mass is 16.5. The minimum Gasteiger partial charge on any atom is -0.494 e. The number of ether oxygens (including phenoxy) is 2. The molecule has 11 nitrogen and oxygen atoms in total. The topological polar surface area (TPSA) is 144 Å². The lowest BCUT2D eigenvalue weighted by atomic mass is 9.80. The highest BCUT2D eigenvalue weighted by Gasteiger charge is 2.47. The van der Waals surface area contributed by atoms with E-state index in [1.807, 2.05) is 28.6 Å². The summed E-state index contributed by atoms with van der Waals surface area (Å²) in [5, 5.41) is 1.03. The van der Waals surface area contributed by atoms with E-state index in [1.165, 1.54) is 0 Å². The Morgan fingerprint density at radius 2 is 1.93 bits per heavy atom. The number of methoxy groups -OCH3 is 1. The van der Waals surface area contributed by atoms with Crippen molar-refractivity contribution in [2.24, 2.45) is 29.8 Å². The molecule has 4 N–H and O–H groups in total. The second kappa shape index (κ2) is 12.3. The number of pyridine rings is 1. The van der Waals surface area contributed by atoms with Gasteiger partial charge in [-0.15, -0.1) is 0 Å². The molecule has 2 aliphatic heterocycles. The third-order valence-corrected chi connectivity index (χ3v) is 10.4. The number of rotatable bonds is 12. The molecule has 2 bridgehead atoms. The van der Waals surface area contributed by atoms with E-state index in [0.717, 1.165) is 59.4 Å². The van der Waals surface area contributed by atoms with E-state index >= 15 is 0 Å². The summed E-state index contributed by atoms with van der Waals surface area (Å²) >= 11 is 0. The Morgan fingerprint density at radius 3 is 2.59 bits per heavy atom. The Bertz CT molecular complexity index is 1790. The van der Waals surface area contributed by atoms with Crippen molar-refractivity contribution >= 4 is 33.9 Å². The van der Waals surface area contributed by atoms with Crippen LogP contribution in [0, 0.1) is 11.3 Å². The molecule has 0 saturated carbocycles. The molecule has 0 aliphatic carbocycles. The number of carbonyl (C=O) groups excluding carboxylic acids is 2. The lowest BCUT2D eigenvalue weighted by Crippen LogP contribution is -2.40. The van der Waals surface area contributed by atoms with Crippen LogP contribution in [0.4, 0.5) is 0 Å². The van der Waals surface area contributed by atoms with Crippen LogP contribution in [0.15, 0.2) is 30.3 Å². The molecule has 246 valence electrons. The van der Waals surface area contributed by atoms with Crippen LogP contribution in [0.25, 0.3) is 33.6 Å². The summed E-state index contributed by atoms with van der Waals surface area (Å²) in [5.41, 5.74) is 16.4. The van der Waals surface area contributed by atoms with Crippen molar-refractivity contribution in [2.45, 2.75) is 84.5 Å². The van der Waals surface area contributed by atoms with E-state index in [4.69, 9.17) is 30.9 Å². The predicted octanol–water partition coefficient (Wildman–Crippen LogP) is 4.42. The highest BCUT2D eigenvalue weighted by molar-refractivity contribution is 6.00. The maximum Gasteiger partial charge on any atom is 0.254 e. The molecule has 0 spiro atoms. The van der Waals surface area contributed by atoms with Crippen molar-refractivity contribution in [3.05, 3.63) is 41.6 Å². The van der Waals surface area contributed by atoms with Crippen LogP contribution in [-0.2, 0) is 29.5 Å². The van der Waals surface area contributed by atoms with Crippen LogP contribution in [-0.4, -0.2) is 74.3 Å². The van der Waals surface area contributed by atoms with Crippen molar-refractivity contribution in [3.8, 4) is 17.3 Å². The van der Waals surface area contributed by atoms with Gasteiger partial charge in [0.15, 0.2) is 5.82 Å². The van der Waals surface area contributed by atoms with Crippen LogP contribution in [0.3, 0.4) is 0 Å². The number of aryl methyl sites for hydroxylation is 2. The fourth-order valence-electron chi connectivity index (χ4n) is 7.25. The second-order valence-corrected chi connectivity index (χ2v) is 13.8. The van der Waals surface area contributed by atoms with Gasteiger partial charge in [0.25, 0.3) is 5.91 Å². The third kappa shape index (κ3) is 5.64. The minimum atomic E-state index is -0.365. The zero-order chi connectivity index (χ0) is 32.9. The largest absolute Gasteiger partial charge is 0.494 e. The molecule has 46 heavy (non-hydrogen) atoms. The number of carbonyl (C=O) groups is 2. The smallest absolute Gasteiger partial charge is 0.254 e. The van der Waals surface area contributed by atoms with Crippen molar-refractivity contribution in [2.75, 3.05) is 20.3 Å². The summed E-state index contributed by atoms with van der Waals surface area (Å²) < 4.78 is 16.0. The third-order valence-electron chi connectivity index (χ3n) is 10.4. The summed E-state index contributed by atoms with van der Waals surface area (Å²) in [6.07, 6.45) is 3.85. The molecular weight excluding hydrogens is 582 g/mol. The van der Waals surface area contributed by atoms with Crippen LogP contribution in [0.2, 0.25) is 0 Å². The summed E-state index contributed by atoms with van der Waals surface area (Å²) in [7, 11) is 3.62. The average molecular weight is 630 g/mol. The second-order valence-electron chi connectivity index (χ2n) is 13.8. The SMILES string of the molecule is CCc1ccc2cc(-c3nc4cc(C(=O)N5C6CCC5C(N)C6)cc(OC)c4n3C)n(CC(C)(C)C(C)COCCC(N)=O)c2n1. The molecule has 6 rings (SSSR count). The zero-order valence-corrected chi connectivity index (χ0v) is 27.9. The Labute approximate surface area is 270 Å². The summed E-state index contributed by atoms with van der Waals surface area (Å²) in [4.78, 5) is 37.2. The van der Waals surface area contributed by atoms with Crippen LogP contribution < -0.4 is 16.2 Å². The van der Waals surface area contributed by atoms with Crippen molar-refractivity contribution in [3.63, 3.8) is 0 Å². The number of imidazole rings is 1. The molecule has 2 amide bonds. The number of hydrogen-bond acceptors (Lipinski definition) is 7. The van der Waals surface area contributed by atoms with Crippen LogP contribution >= 0.6 is 0 Å². The van der Waals surface area contributed by atoms with E-state index in [1.54, 1.807) is 7.11 Å². The molecule has 2 aliphatic rings. The van der Waals surface area contributed by atoms with Gasteiger partial charge in [-0.2, -0.15) is 0 Å². The maximum atomic E-state index is 13.8. The summed E-state index contributed by atoms with van der Waals surface area (Å²) in [6, 6.07) is 10.4. The first-order chi connectivity index (χ1) is 21.9. The van der Waals surface area contributed by atoms with Gasteiger partial charge < -0.3 is 35.0 Å². The van der Waals surface area contributed by atoms with Gasteiger partial charge >= 0.3 is 0 Å². The van der Waals surface area contributed by atoms with Gasteiger partial charge in [-0.1, -0.05) is 27.7 Å². The van der Waals surface area contributed by atoms with E-state index < -0.39 is 0 Å². The van der Waals surface area contributed by atoms with Gasteiger partial charge in [0, 0.05) is 61.4 Å². The molecule has 4 unspecified atom stereocenters. The number of benzene rings is 1. The molecule has 3 aromatic heterocycles. The first kappa shape index (κ1) is 32.0. The Morgan fingerprint density at radius 1 is 1.15 bits per heavy atom. The normalized spacial score (nSPS) is 20.2. The van der Waals surface area contributed by atoms with E-state index in [9.17, 15) is 9.59 Å². The predicted molar refractivity (Wildman–Crippen MR) is 179 cm³/mol. The summed E-state index contributed by atoms with van der Waals surface area (Å²) in [5.74, 6) is 1.17. The maximum absolute atomic E-state index is 13.8. The van der Waals surface area contributed by atoms with E-state index in [0.29, 0.717) is 36.6 Å². The molecule has 2 fully saturated rings. The standard InChI is InChI=1S/C35H47N7O4/c1-7-23-9-8-21-15-28(41(32(21)38-23)19-35(3,4)20(2)18-46-13-12-30(37)43)33-39-26-14-22(16-29(45-6)31(26)40(33)5)34(44)42-24-10-11-27(42)25(36)17-24/h8-9,14-16,20,24-25,27H,7,10-13,17-19,36H2,1-6H3,(H2,37,43). The van der Waals surface area contributed by atoms with Gasteiger partial charge in [0.2, 0.25) is 5.91 Å². The minimum absolute atomic E-state index is 0.00736. The number of fused-ring (bicyclic) bond motifs is 4. The molecule has 4 aromatic rings. The quantitative estimate of drug-likeness (QED) is 0.221. The Balaban J connectivity index is 1.40. The van der Waals surface area contributed by atoms with Crippen molar-refractivity contribution < 1.29 is 19.1 Å².